The van der Waals surface area contributed by atoms with E-state index < -0.39 is 12.3 Å². The number of methoxy groups -OCH3 is 1. The van der Waals surface area contributed by atoms with Crippen molar-refractivity contribution in [1.82, 2.24) is 0 Å². The second-order valence-electron chi connectivity index (χ2n) is 2.84. The van der Waals surface area contributed by atoms with Crippen LogP contribution in [0.5, 0.6) is 11.5 Å². The first-order chi connectivity index (χ1) is 7.69. The summed E-state index contributed by atoms with van der Waals surface area (Å²) in [5, 5.41) is 0. The van der Waals surface area contributed by atoms with Gasteiger partial charge in [-0.1, -0.05) is 12.1 Å². The maximum atomic E-state index is 13.2. The highest BCUT2D eigenvalue weighted by molar-refractivity contribution is 5.73. The van der Waals surface area contributed by atoms with Gasteiger partial charge in [0.05, 0.1) is 13.7 Å². The van der Waals surface area contributed by atoms with Crippen LogP contribution in [0.1, 0.15) is 6.92 Å². The van der Waals surface area contributed by atoms with E-state index in [0.717, 1.165) is 0 Å². The second-order valence-corrected chi connectivity index (χ2v) is 2.84. The fourth-order valence-electron chi connectivity index (χ4n) is 1.08. The SMILES string of the molecule is CCOC(=O)C(F)Oc1ccccc1OC. The molecule has 5 heteroatoms. The van der Waals surface area contributed by atoms with Gasteiger partial charge in [-0.3, -0.25) is 0 Å². The van der Waals surface area contributed by atoms with Gasteiger partial charge >= 0.3 is 12.3 Å². The summed E-state index contributed by atoms with van der Waals surface area (Å²) in [5.41, 5.74) is 0. The smallest absolute Gasteiger partial charge is 0.381 e. The van der Waals surface area contributed by atoms with Crippen molar-refractivity contribution in [2.24, 2.45) is 0 Å². The number of hydrogen-bond donors (Lipinski definition) is 0. The Kier molecular flexibility index (Phi) is 4.57. The number of benzene rings is 1. The number of alkyl halides is 1. The standard InChI is InChI=1S/C11H13FO4/c1-3-15-11(13)10(12)16-9-7-5-4-6-8(9)14-2/h4-7,10H,3H2,1-2H3. The molecule has 4 nitrogen and oxygen atoms in total. The molecule has 16 heavy (non-hydrogen) atoms. The Hall–Kier alpha value is -1.78. The van der Waals surface area contributed by atoms with Gasteiger partial charge in [0.25, 0.3) is 0 Å². The molecule has 0 aliphatic carbocycles. The topological polar surface area (TPSA) is 44.8 Å². The van der Waals surface area contributed by atoms with Crippen LogP contribution in [0, 0.1) is 0 Å². The first-order valence-electron chi connectivity index (χ1n) is 4.79. The summed E-state index contributed by atoms with van der Waals surface area (Å²) in [4.78, 5) is 11.0. The average molecular weight is 228 g/mol. The van der Waals surface area contributed by atoms with Crippen LogP contribution in [-0.2, 0) is 9.53 Å². The minimum Gasteiger partial charge on any atom is -0.493 e. The van der Waals surface area contributed by atoms with Crippen LogP contribution in [0.15, 0.2) is 24.3 Å². The van der Waals surface area contributed by atoms with E-state index in [2.05, 4.69) is 4.74 Å². The number of carbonyl (C=O) groups excluding carboxylic acids is 1. The van der Waals surface area contributed by atoms with E-state index in [1.807, 2.05) is 0 Å². The molecule has 0 aliphatic rings. The number of halogens is 1. The van der Waals surface area contributed by atoms with Gasteiger partial charge in [-0.2, -0.15) is 4.39 Å². The van der Waals surface area contributed by atoms with E-state index in [-0.39, 0.29) is 12.4 Å². The minimum atomic E-state index is -2.14. The van der Waals surface area contributed by atoms with Crippen LogP contribution in [0.25, 0.3) is 0 Å². The van der Waals surface area contributed by atoms with Gasteiger partial charge in [0.15, 0.2) is 11.5 Å². The molecule has 88 valence electrons. The lowest BCUT2D eigenvalue weighted by Crippen LogP contribution is -2.24. The highest BCUT2D eigenvalue weighted by Gasteiger charge is 2.21. The zero-order valence-electron chi connectivity index (χ0n) is 9.10. The Morgan fingerprint density at radius 3 is 2.56 bits per heavy atom. The fraction of sp³-hybridized carbons (Fsp3) is 0.364. The Labute approximate surface area is 92.9 Å². The van der Waals surface area contributed by atoms with Gasteiger partial charge < -0.3 is 14.2 Å². The predicted molar refractivity (Wildman–Crippen MR) is 55.2 cm³/mol. The second kappa shape index (κ2) is 5.95. The van der Waals surface area contributed by atoms with Crippen LogP contribution < -0.4 is 9.47 Å². The van der Waals surface area contributed by atoms with E-state index in [9.17, 15) is 9.18 Å². The van der Waals surface area contributed by atoms with Crippen molar-refractivity contribution in [1.29, 1.82) is 0 Å². The molecule has 0 saturated carbocycles. The molecule has 1 atom stereocenters. The molecule has 0 spiro atoms. The lowest BCUT2D eigenvalue weighted by molar-refractivity contribution is -0.159. The van der Waals surface area contributed by atoms with Gasteiger partial charge in [0, 0.05) is 0 Å². The normalized spacial score (nSPS) is 11.7. The van der Waals surface area contributed by atoms with E-state index in [1.165, 1.54) is 13.2 Å². The summed E-state index contributed by atoms with van der Waals surface area (Å²) < 4.78 is 27.4. The molecule has 0 radical (unpaired) electrons. The van der Waals surface area contributed by atoms with Gasteiger partial charge in [0.2, 0.25) is 0 Å². The maximum absolute atomic E-state index is 13.2. The van der Waals surface area contributed by atoms with E-state index >= 15 is 0 Å². The Bertz CT molecular complexity index is 354. The molecule has 1 aromatic carbocycles. The molecule has 0 heterocycles. The largest absolute Gasteiger partial charge is 0.493 e. The Morgan fingerprint density at radius 2 is 2.00 bits per heavy atom. The quantitative estimate of drug-likeness (QED) is 0.722. The zero-order valence-corrected chi connectivity index (χ0v) is 9.10. The molecular formula is C11H13FO4. The number of esters is 1. The molecule has 1 unspecified atom stereocenters. The van der Waals surface area contributed by atoms with E-state index in [0.29, 0.717) is 5.75 Å². The van der Waals surface area contributed by atoms with Crippen molar-refractivity contribution >= 4 is 5.97 Å². The molecule has 0 saturated heterocycles. The van der Waals surface area contributed by atoms with Crippen molar-refractivity contribution in [2.75, 3.05) is 13.7 Å². The molecule has 0 amide bonds. The predicted octanol–water partition coefficient (Wildman–Crippen LogP) is 1.93. The number of para-hydroxylation sites is 2. The highest BCUT2D eigenvalue weighted by Crippen LogP contribution is 2.27. The van der Waals surface area contributed by atoms with Crippen LogP contribution >= 0.6 is 0 Å². The Balaban J connectivity index is 2.68. The summed E-state index contributed by atoms with van der Waals surface area (Å²) in [6.45, 7) is 1.70. The molecule has 0 aromatic heterocycles. The van der Waals surface area contributed by atoms with Gasteiger partial charge in [-0.15, -0.1) is 0 Å². The van der Waals surface area contributed by atoms with E-state index in [1.54, 1.807) is 25.1 Å². The summed E-state index contributed by atoms with van der Waals surface area (Å²) in [6, 6.07) is 6.47. The zero-order chi connectivity index (χ0) is 12.0. The first-order valence-corrected chi connectivity index (χ1v) is 4.79. The molecule has 0 fully saturated rings. The molecular weight excluding hydrogens is 215 g/mol. The molecule has 1 aromatic rings. The lowest BCUT2D eigenvalue weighted by Gasteiger charge is -2.12. The molecule has 0 aliphatic heterocycles. The summed E-state index contributed by atoms with van der Waals surface area (Å²) >= 11 is 0. The number of ether oxygens (including phenoxy) is 3. The van der Waals surface area contributed by atoms with Crippen molar-refractivity contribution in [3.8, 4) is 11.5 Å². The molecule has 0 bridgehead atoms. The minimum absolute atomic E-state index is 0.106. The number of rotatable bonds is 5. The third-order valence-corrected chi connectivity index (χ3v) is 1.77. The fourth-order valence-corrected chi connectivity index (χ4v) is 1.08. The molecule has 0 N–H and O–H groups in total. The lowest BCUT2D eigenvalue weighted by atomic mass is 10.3. The van der Waals surface area contributed by atoms with Crippen LogP contribution in [0.2, 0.25) is 0 Å². The third-order valence-electron chi connectivity index (χ3n) is 1.77. The van der Waals surface area contributed by atoms with Crippen molar-refractivity contribution < 1.29 is 23.4 Å². The first kappa shape index (κ1) is 12.3. The highest BCUT2D eigenvalue weighted by atomic mass is 19.1. The van der Waals surface area contributed by atoms with Gasteiger partial charge in [-0.25, -0.2) is 4.79 Å². The van der Waals surface area contributed by atoms with Crippen molar-refractivity contribution in [3.05, 3.63) is 24.3 Å². The Morgan fingerprint density at radius 1 is 1.38 bits per heavy atom. The van der Waals surface area contributed by atoms with Crippen molar-refractivity contribution in [2.45, 2.75) is 13.3 Å². The summed E-state index contributed by atoms with van der Waals surface area (Å²) in [6.07, 6.45) is -2.14. The van der Waals surface area contributed by atoms with Gasteiger partial charge in [-0.05, 0) is 19.1 Å². The number of carbonyl (C=O) groups is 1. The van der Waals surface area contributed by atoms with Crippen LogP contribution in [-0.4, -0.2) is 26.0 Å². The monoisotopic (exact) mass is 228 g/mol. The average Bonchev–Trinajstić information content (AvgIpc) is 2.30. The van der Waals surface area contributed by atoms with Gasteiger partial charge in [0.1, 0.15) is 0 Å². The maximum Gasteiger partial charge on any atom is 0.381 e. The van der Waals surface area contributed by atoms with Crippen LogP contribution in [0.4, 0.5) is 4.39 Å². The van der Waals surface area contributed by atoms with E-state index in [4.69, 9.17) is 9.47 Å². The van der Waals surface area contributed by atoms with Crippen LogP contribution in [0.3, 0.4) is 0 Å². The molecule has 1 rings (SSSR count). The number of hydrogen-bond acceptors (Lipinski definition) is 4. The van der Waals surface area contributed by atoms with Crippen molar-refractivity contribution in [3.63, 3.8) is 0 Å². The summed E-state index contributed by atoms with van der Waals surface area (Å²) in [5.74, 6) is -0.534. The summed E-state index contributed by atoms with van der Waals surface area (Å²) in [7, 11) is 1.43. The third kappa shape index (κ3) is 3.12.